The standard InChI is InChI=1S/C9H18N2/c1-2-11-7-5-8-4-3-6-10-9(8)11/h8-10H,2-7H2,1H3/t8-,9-/m1/s1. The van der Waals surface area contributed by atoms with Crippen molar-refractivity contribution in [3.05, 3.63) is 0 Å². The van der Waals surface area contributed by atoms with Gasteiger partial charge in [0.1, 0.15) is 0 Å². The molecule has 0 bridgehead atoms. The molecule has 2 heterocycles. The molecule has 64 valence electrons. The Kier molecular flexibility index (Phi) is 2.14. The molecule has 0 spiro atoms. The van der Waals surface area contributed by atoms with E-state index in [0.717, 1.165) is 12.1 Å². The maximum absolute atomic E-state index is 3.61. The summed E-state index contributed by atoms with van der Waals surface area (Å²) in [4.78, 5) is 2.57. The van der Waals surface area contributed by atoms with Crippen molar-refractivity contribution < 1.29 is 0 Å². The number of nitrogens with zero attached hydrogens (tertiary/aromatic N) is 1. The van der Waals surface area contributed by atoms with E-state index in [2.05, 4.69) is 17.1 Å². The van der Waals surface area contributed by atoms with Gasteiger partial charge in [-0.15, -0.1) is 0 Å². The zero-order valence-electron chi connectivity index (χ0n) is 7.34. The van der Waals surface area contributed by atoms with Crippen LogP contribution in [0.25, 0.3) is 0 Å². The highest BCUT2D eigenvalue weighted by Gasteiger charge is 2.34. The zero-order chi connectivity index (χ0) is 7.68. The van der Waals surface area contributed by atoms with Crippen LogP contribution in [0.3, 0.4) is 0 Å². The first kappa shape index (κ1) is 7.56. The van der Waals surface area contributed by atoms with Crippen LogP contribution >= 0.6 is 0 Å². The van der Waals surface area contributed by atoms with Gasteiger partial charge in [0.05, 0.1) is 6.17 Å². The first-order chi connectivity index (χ1) is 5.42. The molecule has 0 unspecified atom stereocenters. The fraction of sp³-hybridized carbons (Fsp3) is 1.00. The highest BCUT2D eigenvalue weighted by Crippen LogP contribution is 2.28. The maximum Gasteiger partial charge on any atom is 0.0626 e. The van der Waals surface area contributed by atoms with Crippen LogP contribution in [0, 0.1) is 5.92 Å². The third-order valence-corrected chi connectivity index (χ3v) is 3.14. The Morgan fingerprint density at radius 1 is 1.45 bits per heavy atom. The van der Waals surface area contributed by atoms with E-state index in [0.29, 0.717) is 0 Å². The summed E-state index contributed by atoms with van der Waals surface area (Å²) in [6.45, 7) is 6.03. The van der Waals surface area contributed by atoms with Crippen molar-refractivity contribution in [1.82, 2.24) is 10.2 Å². The van der Waals surface area contributed by atoms with Gasteiger partial charge in [0.15, 0.2) is 0 Å². The van der Waals surface area contributed by atoms with Crippen LogP contribution in [-0.2, 0) is 0 Å². The van der Waals surface area contributed by atoms with Gasteiger partial charge >= 0.3 is 0 Å². The smallest absolute Gasteiger partial charge is 0.0626 e. The van der Waals surface area contributed by atoms with E-state index in [1.165, 1.54) is 38.9 Å². The van der Waals surface area contributed by atoms with Crippen molar-refractivity contribution >= 4 is 0 Å². The third-order valence-electron chi connectivity index (χ3n) is 3.14. The van der Waals surface area contributed by atoms with Crippen LogP contribution in [-0.4, -0.2) is 30.7 Å². The minimum absolute atomic E-state index is 0.730. The molecule has 0 amide bonds. The van der Waals surface area contributed by atoms with E-state index >= 15 is 0 Å². The van der Waals surface area contributed by atoms with Crippen LogP contribution in [0.4, 0.5) is 0 Å². The SMILES string of the molecule is CCN1CC[C@H]2CCCN[C@@H]21. The first-order valence-electron chi connectivity index (χ1n) is 4.89. The molecule has 1 N–H and O–H groups in total. The second-order valence-electron chi connectivity index (χ2n) is 3.72. The molecule has 0 aromatic heterocycles. The molecule has 2 nitrogen and oxygen atoms in total. The summed E-state index contributed by atoms with van der Waals surface area (Å²) in [5.74, 6) is 0.962. The lowest BCUT2D eigenvalue weighted by atomic mass is 9.96. The van der Waals surface area contributed by atoms with E-state index in [9.17, 15) is 0 Å². The van der Waals surface area contributed by atoms with E-state index < -0.39 is 0 Å². The van der Waals surface area contributed by atoms with Crippen LogP contribution in [0.1, 0.15) is 26.2 Å². The van der Waals surface area contributed by atoms with Crippen molar-refractivity contribution in [3.8, 4) is 0 Å². The lowest BCUT2D eigenvalue weighted by Crippen LogP contribution is -2.47. The average Bonchev–Trinajstić information content (AvgIpc) is 2.47. The molecule has 0 radical (unpaired) electrons. The Morgan fingerprint density at radius 3 is 3.18 bits per heavy atom. The van der Waals surface area contributed by atoms with Crippen molar-refractivity contribution in [2.75, 3.05) is 19.6 Å². The zero-order valence-corrected chi connectivity index (χ0v) is 7.34. The monoisotopic (exact) mass is 154 g/mol. The Hall–Kier alpha value is -0.0800. The van der Waals surface area contributed by atoms with Gasteiger partial charge in [-0.3, -0.25) is 4.90 Å². The van der Waals surface area contributed by atoms with Gasteiger partial charge in [0.2, 0.25) is 0 Å². The van der Waals surface area contributed by atoms with Crippen molar-refractivity contribution in [2.24, 2.45) is 5.92 Å². The molecular weight excluding hydrogens is 136 g/mol. The van der Waals surface area contributed by atoms with Gasteiger partial charge in [-0.25, -0.2) is 0 Å². The predicted octanol–water partition coefficient (Wildman–Crippen LogP) is 1.04. The number of nitrogens with one attached hydrogen (secondary N) is 1. The molecule has 11 heavy (non-hydrogen) atoms. The predicted molar refractivity (Wildman–Crippen MR) is 46.4 cm³/mol. The van der Waals surface area contributed by atoms with Gasteiger partial charge < -0.3 is 5.32 Å². The molecule has 2 fully saturated rings. The van der Waals surface area contributed by atoms with Crippen LogP contribution in [0.15, 0.2) is 0 Å². The normalized spacial score (nSPS) is 39.0. The number of hydrogen-bond acceptors (Lipinski definition) is 2. The Morgan fingerprint density at radius 2 is 2.36 bits per heavy atom. The molecule has 0 saturated carbocycles. The van der Waals surface area contributed by atoms with E-state index in [4.69, 9.17) is 0 Å². The van der Waals surface area contributed by atoms with E-state index in [-0.39, 0.29) is 0 Å². The van der Waals surface area contributed by atoms with Crippen molar-refractivity contribution in [3.63, 3.8) is 0 Å². The van der Waals surface area contributed by atoms with Gasteiger partial charge in [0.25, 0.3) is 0 Å². The van der Waals surface area contributed by atoms with Gasteiger partial charge in [-0.1, -0.05) is 6.92 Å². The summed E-state index contributed by atoms with van der Waals surface area (Å²) in [5, 5.41) is 3.61. The molecular formula is C9H18N2. The quantitative estimate of drug-likeness (QED) is 0.607. The molecule has 2 rings (SSSR count). The average molecular weight is 154 g/mol. The topological polar surface area (TPSA) is 15.3 Å². The number of piperidine rings is 1. The number of likely N-dealkylation sites (tertiary alicyclic amines) is 1. The third kappa shape index (κ3) is 1.30. The Labute approximate surface area is 69.0 Å². The highest BCUT2D eigenvalue weighted by atomic mass is 15.3. The van der Waals surface area contributed by atoms with Crippen LogP contribution in [0.5, 0.6) is 0 Å². The first-order valence-corrected chi connectivity index (χ1v) is 4.89. The highest BCUT2D eigenvalue weighted by molar-refractivity contribution is 4.87. The molecule has 2 saturated heterocycles. The molecule has 0 aliphatic carbocycles. The van der Waals surface area contributed by atoms with Gasteiger partial charge in [-0.05, 0) is 44.8 Å². The molecule has 0 aromatic carbocycles. The lowest BCUT2D eigenvalue weighted by molar-refractivity contribution is 0.168. The van der Waals surface area contributed by atoms with Gasteiger partial charge in [-0.2, -0.15) is 0 Å². The summed E-state index contributed by atoms with van der Waals surface area (Å²) in [7, 11) is 0. The molecule has 2 atom stereocenters. The molecule has 2 aliphatic rings. The Bertz CT molecular complexity index is 130. The maximum atomic E-state index is 3.61. The second-order valence-corrected chi connectivity index (χ2v) is 3.72. The summed E-state index contributed by atoms with van der Waals surface area (Å²) in [5.41, 5.74) is 0. The van der Waals surface area contributed by atoms with E-state index in [1.54, 1.807) is 0 Å². The summed E-state index contributed by atoms with van der Waals surface area (Å²) >= 11 is 0. The van der Waals surface area contributed by atoms with Crippen molar-refractivity contribution in [2.45, 2.75) is 32.4 Å². The largest absolute Gasteiger partial charge is 0.301 e. The lowest BCUT2D eigenvalue weighted by Gasteiger charge is -2.32. The number of fused-ring (bicyclic) bond motifs is 1. The fourth-order valence-electron chi connectivity index (χ4n) is 2.49. The summed E-state index contributed by atoms with van der Waals surface area (Å²) < 4.78 is 0. The van der Waals surface area contributed by atoms with Crippen LogP contribution < -0.4 is 5.32 Å². The van der Waals surface area contributed by atoms with Gasteiger partial charge in [0, 0.05) is 0 Å². The fourth-order valence-corrected chi connectivity index (χ4v) is 2.49. The van der Waals surface area contributed by atoms with Crippen LogP contribution in [0.2, 0.25) is 0 Å². The molecule has 2 aliphatic heterocycles. The number of rotatable bonds is 1. The minimum atomic E-state index is 0.730. The summed E-state index contributed by atoms with van der Waals surface area (Å²) in [6, 6.07) is 0. The van der Waals surface area contributed by atoms with E-state index in [1.807, 2.05) is 0 Å². The second kappa shape index (κ2) is 3.11. The minimum Gasteiger partial charge on any atom is -0.301 e. The summed E-state index contributed by atoms with van der Waals surface area (Å²) in [6.07, 6.45) is 4.99. The molecule has 0 aromatic rings. The Balaban J connectivity index is 1.98. The van der Waals surface area contributed by atoms with Crippen molar-refractivity contribution in [1.29, 1.82) is 0 Å². The number of hydrogen-bond donors (Lipinski definition) is 1. The molecule has 2 heteroatoms.